The Bertz CT molecular complexity index is 939. The lowest BCUT2D eigenvalue weighted by molar-refractivity contribution is -0.145. The van der Waals surface area contributed by atoms with Crippen LogP contribution in [0.2, 0.25) is 0 Å². The fraction of sp³-hybridized carbons (Fsp3) is 0.522. The van der Waals surface area contributed by atoms with Gasteiger partial charge in [-0.25, -0.2) is 4.79 Å². The molecule has 1 atom stereocenters. The molecular weight excluding hydrogens is 492 g/mol. The van der Waals surface area contributed by atoms with Crippen LogP contribution in [0, 0.1) is 0 Å². The van der Waals surface area contributed by atoms with Gasteiger partial charge in [0.15, 0.2) is 0 Å². The topological polar surface area (TPSA) is 199 Å². The SMILES string of the molecule is O=C(O)CN1CCN(CC(=O)O)CCN(C(C(=O)O)c2ccc(C(=O)O)cc2)CCN(CC(=O)O)CC1. The molecule has 0 spiro atoms. The Balaban J connectivity index is 2.36. The van der Waals surface area contributed by atoms with Crippen molar-refractivity contribution in [2.24, 2.45) is 0 Å². The zero-order chi connectivity index (χ0) is 27.5. The van der Waals surface area contributed by atoms with Crippen LogP contribution in [0.15, 0.2) is 24.3 Å². The van der Waals surface area contributed by atoms with Crippen molar-refractivity contribution < 1.29 is 49.5 Å². The van der Waals surface area contributed by atoms with Gasteiger partial charge in [-0.15, -0.1) is 0 Å². The summed E-state index contributed by atoms with van der Waals surface area (Å²) in [5, 5.41) is 47.1. The van der Waals surface area contributed by atoms with Crippen molar-refractivity contribution in [3.63, 3.8) is 0 Å². The fourth-order valence-corrected chi connectivity index (χ4v) is 4.18. The van der Waals surface area contributed by atoms with Gasteiger partial charge in [0.1, 0.15) is 6.04 Å². The van der Waals surface area contributed by atoms with Crippen LogP contribution in [0.4, 0.5) is 0 Å². The molecule has 2 rings (SSSR count). The van der Waals surface area contributed by atoms with E-state index in [-0.39, 0.29) is 77.6 Å². The molecule has 0 amide bonds. The highest BCUT2D eigenvalue weighted by Gasteiger charge is 2.29. The van der Waals surface area contributed by atoms with E-state index in [2.05, 4.69) is 0 Å². The molecule has 0 saturated carbocycles. The van der Waals surface area contributed by atoms with Gasteiger partial charge in [0.25, 0.3) is 0 Å². The van der Waals surface area contributed by atoms with E-state index in [0.29, 0.717) is 5.56 Å². The van der Waals surface area contributed by atoms with Crippen LogP contribution in [0.3, 0.4) is 0 Å². The van der Waals surface area contributed by atoms with E-state index in [9.17, 15) is 44.4 Å². The zero-order valence-electron chi connectivity index (χ0n) is 20.2. The van der Waals surface area contributed by atoms with E-state index >= 15 is 0 Å². The molecule has 37 heavy (non-hydrogen) atoms. The predicted molar refractivity (Wildman–Crippen MR) is 128 cm³/mol. The molecule has 1 fully saturated rings. The summed E-state index contributed by atoms with van der Waals surface area (Å²) in [5.74, 6) is -5.59. The van der Waals surface area contributed by atoms with Crippen LogP contribution in [-0.4, -0.2) is 147 Å². The molecule has 14 heteroatoms. The highest BCUT2D eigenvalue weighted by atomic mass is 16.4. The van der Waals surface area contributed by atoms with Gasteiger partial charge in [-0.1, -0.05) is 12.1 Å². The molecule has 0 radical (unpaired) electrons. The highest BCUT2D eigenvalue weighted by Crippen LogP contribution is 2.22. The number of aliphatic carboxylic acids is 4. The first kappa shape index (κ1) is 29.6. The van der Waals surface area contributed by atoms with Gasteiger partial charge in [0, 0.05) is 52.4 Å². The lowest BCUT2D eigenvalue weighted by Gasteiger charge is -2.35. The third-order valence-corrected chi connectivity index (χ3v) is 6.02. The molecule has 0 bridgehead atoms. The average Bonchev–Trinajstić information content (AvgIpc) is 2.79. The summed E-state index contributed by atoms with van der Waals surface area (Å²) in [5.41, 5.74) is 0.319. The molecule has 1 heterocycles. The second-order valence-corrected chi connectivity index (χ2v) is 8.71. The molecule has 0 aliphatic carbocycles. The Hall–Kier alpha value is -3.59. The Morgan fingerprint density at radius 1 is 0.595 bits per heavy atom. The summed E-state index contributed by atoms with van der Waals surface area (Å²) >= 11 is 0. The molecule has 1 aliphatic heterocycles. The Morgan fingerprint density at radius 2 is 0.946 bits per heavy atom. The lowest BCUT2D eigenvalue weighted by Crippen LogP contribution is -2.49. The number of rotatable bonds is 10. The van der Waals surface area contributed by atoms with E-state index in [1.165, 1.54) is 24.3 Å². The molecule has 5 N–H and O–H groups in total. The third kappa shape index (κ3) is 10.1. The number of benzene rings is 1. The van der Waals surface area contributed by atoms with Crippen molar-refractivity contribution in [3.05, 3.63) is 35.4 Å². The summed E-state index contributed by atoms with van der Waals surface area (Å²) in [7, 11) is 0. The normalized spacial score (nSPS) is 18.3. The highest BCUT2D eigenvalue weighted by molar-refractivity contribution is 5.87. The molecule has 14 nitrogen and oxygen atoms in total. The summed E-state index contributed by atoms with van der Waals surface area (Å²) in [6.45, 7) is 0.451. The molecule has 1 aliphatic rings. The molecule has 1 unspecified atom stereocenters. The molecule has 1 aromatic rings. The number of hydrogen-bond donors (Lipinski definition) is 5. The lowest BCUT2D eigenvalue weighted by atomic mass is 10.0. The maximum atomic E-state index is 12.3. The molecule has 1 saturated heterocycles. The number of carboxylic acids is 5. The monoisotopic (exact) mass is 524 g/mol. The van der Waals surface area contributed by atoms with Gasteiger partial charge >= 0.3 is 29.8 Å². The first-order valence-electron chi connectivity index (χ1n) is 11.6. The molecular formula is C23H32N4O10. The maximum Gasteiger partial charge on any atom is 0.335 e. The van der Waals surface area contributed by atoms with Gasteiger partial charge in [-0.2, -0.15) is 0 Å². The van der Waals surface area contributed by atoms with Gasteiger partial charge in [-0.05, 0) is 17.7 Å². The Kier molecular flexibility index (Phi) is 11.4. The first-order valence-corrected chi connectivity index (χ1v) is 11.6. The number of carbonyl (C=O) groups is 5. The standard InChI is InChI=1S/C23H32N4O10/c28-18(29)13-24-5-7-25(14-19(30)31)9-11-27(12-10-26(8-6-24)15-20(32)33)21(23(36)37)16-1-3-17(4-2-16)22(34)35/h1-4,21H,5-15H2,(H,28,29)(H,30,31)(H,32,33)(H,34,35)(H,36,37). The number of hydrogen-bond acceptors (Lipinski definition) is 9. The van der Waals surface area contributed by atoms with Crippen LogP contribution in [0.1, 0.15) is 22.0 Å². The van der Waals surface area contributed by atoms with Crippen LogP contribution in [-0.2, 0) is 19.2 Å². The molecule has 1 aromatic carbocycles. The van der Waals surface area contributed by atoms with E-state index < -0.39 is 35.9 Å². The second-order valence-electron chi connectivity index (χ2n) is 8.71. The van der Waals surface area contributed by atoms with Crippen molar-refractivity contribution in [2.45, 2.75) is 6.04 Å². The predicted octanol–water partition coefficient (Wildman–Crippen LogP) is -1.01. The van der Waals surface area contributed by atoms with Crippen molar-refractivity contribution >= 4 is 29.8 Å². The van der Waals surface area contributed by atoms with Crippen molar-refractivity contribution in [3.8, 4) is 0 Å². The van der Waals surface area contributed by atoms with Gasteiger partial charge in [0.2, 0.25) is 0 Å². The van der Waals surface area contributed by atoms with E-state index in [0.717, 1.165) is 0 Å². The van der Waals surface area contributed by atoms with Crippen molar-refractivity contribution in [1.82, 2.24) is 19.6 Å². The quantitative estimate of drug-likeness (QED) is 0.249. The van der Waals surface area contributed by atoms with Crippen molar-refractivity contribution in [1.29, 1.82) is 0 Å². The minimum atomic E-state index is -1.20. The van der Waals surface area contributed by atoms with Gasteiger partial charge in [-0.3, -0.25) is 38.8 Å². The fourth-order valence-electron chi connectivity index (χ4n) is 4.18. The molecule has 0 aromatic heterocycles. The summed E-state index contributed by atoms with van der Waals surface area (Å²) in [4.78, 5) is 64.0. The first-order chi connectivity index (χ1) is 17.5. The van der Waals surface area contributed by atoms with Crippen LogP contribution in [0.25, 0.3) is 0 Å². The summed E-state index contributed by atoms with van der Waals surface area (Å²) in [6, 6.07) is 4.23. The Morgan fingerprint density at radius 3 is 1.24 bits per heavy atom. The third-order valence-electron chi connectivity index (χ3n) is 6.02. The summed E-state index contributed by atoms with van der Waals surface area (Å²) in [6.07, 6.45) is 0. The van der Waals surface area contributed by atoms with Gasteiger partial charge < -0.3 is 25.5 Å². The smallest absolute Gasteiger partial charge is 0.335 e. The molecule has 204 valence electrons. The van der Waals surface area contributed by atoms with Gasteiger partial charge in [0.05, 0.1) is 25.2 Å². The van der Waals surface area contributed by atoms with E-state index in [1.54, 1.807) is 19.6 Å². The minimum Gasteiger partial charge on any atom is -0.480 e. The zero-order valence-corrected chi connectivity index (χ0v) is 20.2. The average molecular weight is 525 g/mol. The minimum absolute atomic E-state index is 0.00670. The summed E-state index contributed by atoms with van der Waals surface area (Å²) < 4.78 is 0. The van der Waals surface area contributed by atoms with E-state index in [4.69, 9.17) is 5.11 Å². The number of carboxylic acid groups (broad SMARTS) is 5. The van der Waals surface area contributed by atoms with Crippen LogP contribution < -0.4 is 0 Å². The number of nitrogens with zero attached hydrogens (tertiary/aromatic N) is 4. The van der Waals surface area contributed by atoms with E-state index in [1.807, 2.05) is 0 Å². The van der Waals surface area contributed by atoms with Crippen molar-refractivity contribution in [2.75, 3.05) is 72.0 Å². The van der Waals surface area contributed by atoms with Crippen LogP contribution >= 0.6 is 0 Å². The Labute approximate surface area is 212 Å². The maximum absolute atomic E-state index is 12.3. The van der Waals surface area contributed by atoms with Crippen LogP contribution in [0.5, 0.6) is 0 Å². The largest absolute Gasteiger partial charge is 0.480 e. The number of aromatic carboxylic acids is 1. The second kappa shape index (κ2) is 14.2.